The highest BCUT2D eigenvalue weighted by molar-refractivity contribution is 6.20. The summed E-state index contributed by atoms with van der Waals surface area (Å²) in [5.41, 5.74) is 0. The lowest BCUT2D eigenvalue weighted by Crippen LogP contribution is -2.41. The number of ether oxygens (including phenoxy) is 1. The molecule has 0 aromatic rings. The van der Waals surface area contributed by atoms with Crippen LogP contribution in [0.4, 0.5) is 0 Å². The fourth-order valence-electron chi connectivity index (χ4n) is 1.53. The highest BCUT2D eigenvalue weighted by atomic mass is 35.5. The first-order chi connectivity index (χ1) is 6.45. The summed E-state index contributed by atoms with van der Waals surface area (Å²) in [6, 6.07) is -1.25. The number of alkyl halides is 1. The largest absolute Gasteiger partial charge is 0.479 e. The van der Waals surface area contributed by atoms with Crippen molar-refractivity contribution in [3.63, 3.8) is 0 Å². The van der Waals surface area contributed by atoms with Crippen LogP contribution in [0, 0.1) is 16.0 Å². The molecule has 0 radical (unpaired) electrons. The summed E-state index contributed by atoms with van der Waals surface area (Å²) >= 11 is 5.72. The third kappa shape index (κ3) is 1.96. The van der Waals surface area contributed by atoms with E-state index in [4.69, 9.17) is 21.4 Å². The van der Waals surface area contributed by atoms with E-state index >= 15 is 0 Å². The van der Waals surface area contributed by atoms with Gasteiger partial charge >= 0.3 is 5.97 Å². The second kappa shape index (κ2) is 4.10. The van der Waals surface area contributed by atoms with Gasteiger partial charge in [0.1, 0.15) is 0 Å². The van der Waals surface area contributed by atoms with Gasteiger partial charge in [0.2, 0.25) is 6.10 Å². The van der Waals surface area contributed by atoms with Gasteiger partial charge in [-0.3, -0.25) is 10.1 Å². The zero-order valence-electron chi connectivity index (χ0n) is 7.42. The van der Waals surface area contributed by atoms with Crippen molar-refractivity contribution < 1.29 is 19.6 Å². The third-order valence-corrected chi connectivity index (χ3v) is 2.62. The zero-order chi connectivity index (χ0) is 10.9. The van der Waals surface area contributed by atoms with E-state index in [1.807, 2.05) is 0 Å². The normalized spacial score (nSPS) is 34.0. The molecule has 1 heterocycles. The number of nitro groups is 1. The van der Waals surface area contributed by atoms with Crippen LogP contribution >= 0.6 is 11.6 Å². The van der Waals surface area contributed by atoms with E-state index in [1.54, 1.807) is 6.92 Å². The van der Waals surface area contributed by atoms with Gasteiger partial charge in [0.15, 0.2) is 0 Å². The van der Waals surface area contributed by atoms with Crippen molar-refractivity contribution in [2.24, 2.45) is 5.92 Å². The van der Waals surface area contributed by atoms with E-state index in [2.05, 4.69) is 0 Å². The Morgan fingerprint density at radius 3 is 2.71 bits per heavy atom. The van der Waals surface area contributed by atoms with Gasteiger partial charge < -0.3 is 9.84 Å². The molecule has 0 spiro atoms. The van der Waals surface area contributed by atoms with Crippen LogP contribution in [0.1, 0.15) is 6.92 Å². The standard InChI is InChI=1S/C7H10ClNO5/c1-3(8)4-2-14-6(7(10)11)5(4)9(12)13/h3-6H,2H2,1H3,(H,10,11)/t3-,4+,5-,6-/m0/s1. The summed E-state index contributed by atoms with van der Waals surface area (Å²) in [6.45, 7) is 1.61. The Morgan fingerprint density at radius 1 is 1.79 bits per heavy atom. The highest BCUT2D eigenvalue weighted by Gasteiger charge is 2.51. The lowest BCUT2D eigenvalue weighted by molar-refractivity contribution is -0.531. The number of carbonyl (C=O) groups is 1. The molecular weight excluding hydrogens is 214 g/mol. The molecule has 7 heteroatoms. The molecule has 1 N–H and O–H groups in total. The van der Waals surface area contributed by atoms with Gasteiger partial charge in [0.25, 0.3) is 6.04 Å². The molecule has 1 rings (SSSR count). The van der Waals surface area contributed by atoms with Gasteiger partial charge in [0, 0.05) is 10.3 Å². The number of halogens is 1. The molecule has 0 aliphatic carbocycles. The van der Waals surface area contributed by atoms with Crippen LogP contribution in [0.15, 0.2) is 0 Å². The molecule has 1 fully saturated rings. The van der Waals surface area contributed by atoms with E-state index < -0.39 is 34.3 Å². The van der Waals surface area contributed by atoms with Gasteiger partial charge in [-0.05, 0) is 6.92 Å². The van der Waals surface area contributed by atoms with Crippen molar-refractivity contribution in [3.05, 3.63) is 10.1 Å². The summed E-state index contributed by atoms with van der Waals surface area (Å²) in [4.78, 5) is 20.6. The lowest BCUT2D eigenvalue weighted by atomic mass is 9.96. The molecule has 4 atom stereocenters. The molecular formula is C7H10ClNO5. The van der Waals surface area contributed by atoms with Gasteiger partial charge in [-0.2, -0.15) is 0 Å². The van der Waals surface area contributed by atoms with Crippen LogP contribution in [0.3, 0.4) is 0 Å². The summed E-state index contributed by atoms with van der Waals surface area (Å²) in [7, 11) is 0. The minimum Gasteiger partial charge on any atom is -0.479 e. The van der Waals surface area contributed by atoms with Crippen LogP contribution in [-0.2, 0) is 9.53 Å². The number of carboxylic acids is 1. The molecule has 1 aliphatic heterocycles. The second-order valence-electron chi connectivity index (χ2n) is 3.21. The summed E-state index contributed by atoms with van der Waals surface area (Å²) < 4.78 is 4.84. The van der Waals surface area contributed by atoms with Crippen LogP contribution in [0.25, 0.3) is 0 Å². The molecule has 0 bridgehead atoms. The average molecular weight is 224 g/mol. The van der Waals surface area contributed by atoms with E-state index in [9.17, 15) is 14.9 Å². The first kappa shape index (κ1) is 11.2. The first-order valence-electron chi connectivity index (χ1n) is 4.07. The number of rotatable bonds is 3. The van der Waals surface area contributed by atoms with Crippen LogP contribution in [0.5, 0.6) is 0 Å². The number of aliphatic carboxylic acids is 1. The van der Waals surface area contributed by atoms with Crippen LogP contribution in [-0.4, -0.2) is 40.1 Å². The highest BCUT2D eigenvalue weighted by Crippen LogP contribution is 2.28. The van der Waals surface area contributed by atoms with Crippen molar-refractivity contribution in [1.82, 2.24) is 0 Å². The fraction of sp³-hybridized carbons (Fsp3) is 0.857. The van der Waals surface area contributed by atoms with Crippen molar-refractivity contribution in [2.45, 2.75) is 24.4 Å². The lowest BCUT2D eigenvalue weighted by Gasteiger charge is -2.14. The van der Waals surface area contributed by atoms with E-state index in [-0.39, 0.29) is 6.61 Å². The second-order valence-corrected chi connectivity index (χ2v) is 3.90. The third-order valence-electron chi connectivity index (χ3n) is 2.29. The maximum Gasteiger partial charge on any atom is 0.340 e. The van der Waals surface area contributed by atoms with E-state index in [1.165, 1.54) is 0 Å². The van der Waals surface area contributed by atoms with Crippen molar-refractivity contribution in [2.75, 3.05) is 6.61 Å². The molecule has 0 aromatic carbocycles. The Morgan fingerprint density at radius 2 is 2.36 bits per heavy atom. The molecule has 0 amide bonds. The number of hydrogen-bond donors (Lipinski definition) is 1. The topological polar surface area (TPSA) is 89.7 Å². The Labute approximate surface area is 84.9 Å². The summed E-state index contributed by atoms with van der Waals surface area (Å²) in [5.74, 6) is -1.86. The average Bonchev–Trinajstić information content (AvgIpc) is 2.46. The molecule has 14 heavy (non-hydrogen) atoms. The maximum absolute atomic E-state index is 10.6. The quantitative estimate of drug-likeness (QED) is 0.424. The predicted molar refractivity (Wildman–Crippen MR) is 47.0 cm³/mol. The number of hydrogen-bond acceptors (Lipinski definition) is 4. The molecule has 1 saturated heterocycles. The van der Waals surface area contributed by atoms with Crippen molar-refractivity contribution in [1.29, 1.82) is 0 Å². The van der Waals surface area contributed by atoms with Crippen molar-refractivity contribution >= 4 is 17.6 Å². The monoisotopic (exact) mass is 223 g/mol. The van der Waals surface area contributed by atoms with Gasteiger partial charge in [-0.25, -0.2) is 4.79 Å². The minimum absolute atomic E-state index is 0.0211. The minimum atomic E-state index is -1.38. The molecule has 0 unspecified atom stereocenters. The first-order valence-corrected chi connectivity index (χ1v) is 4.50. The van der Waals surface area contributed by atoms with Crippen LogP contribution < -0.4 is 0 Å². The molecule has 80 valence electrons. The maximum atomic E-state index is 10.6. The van der Waals surface area contributed by atoms with Crippen molar-refractivity contribution in [3.8, 4) is 0 Å². The number of nitrogens with zero attached hydrogens (tertiary/aromatic N) is 1. The van der Waals surface area contributed by atoms with E-state index in [0.29, 0.717) is 0 Å². The Balaban J connectivity index is 2.85. The smallest absolute Gasteiger partial charge is 0.340 e. The summed E-state index contributed by atoms with van der Waals surface area (Å²) in [6.07, 6.45) is -1.38. The number of carboxylic acid groups (broad SMARTS) is 1. The van der Waals surface area contributed by atoms with Gasteiger partial charge in [-0.15, -0.1) is 11.6 Å². The van der Waals surface area contributed by atoms with Gasteiger partial charge in [-0.1, -0.05) is 0 Å². The van der Waals surface area contributed by atoms with E-state index in [0.717, 1.165) is 0 Å². The fourth-order valence-corrected chi connectivity index (χ4v) is 1.75. The Bertz CT molecular complexity index is 256. The SMILES string of the molecule is C[C@H](Cl)[C@H]1CO[C@H](C(=O)O)[C@H]1[N+](=O)[O-]. The zero-order valence-corrected chi connectivity index (χ0v) is 8.18. The molecule has 0 aromatic heterocycles. The van der Waals surface area contributed by atoms with Gasteiger partial charge in [0.05, 0.1) is 12.5 Å². The molecule has 6 nitrogen and oxygen atoms in total. The molecule has 1 aliphatic rings. The predicted octanol–water partition coefficient (Wildman–Crippen LogP) is 0.359. The molecule has 0 saturated carbocycles. The van der Waals surface area contributed by atoms with Crippen LogP contribution in [0.2, 0.25) is 0 Å². The Hall–Kier alpha value is -0.880. The Kier molecular flexibility index (Phi) is 3.28. The summed E-state index contributed by atoms with van der Waals surface area (Å²) in [5, 5.41) is 18.8.